The Morgan fingerprint density at radius 3 is 2.86 bits per heavy atom. The summed E-state index contributed by atoms with van der Waals surface area (Å²) in [5, 5.41) is 5.33. The van der Waals surface area contributed by atoms with Crippen LogP contribution < -0.4 is 4.90 Å². The van der Waals surface area contributed by atoms with E-state index in [1.807, 2.05) is 40.9 Å². The molecule has 0 saturated carbocycles. The molecule has 1 aromatic carbocycles. The van der Waals surface area contributed by atoms with Crippen molar-refractivity contribution in [3.05, 3.63) is 35.0 Å². The summed E-state index contributed by atoms with van der Waals surface area (Å²) in [6.07, 6.45) is 2.51. The van der Waals surface area contributed by atoms with E-state index in [-0.39, 0.29) is 11.9 Å². The average Bonchev–Trinajstić information content (AvgIpc) is 2.90. The van der Waals surface area contributed by atoms with E-state index >= 15 is 0 Å². The van der Waals surface area contributed by atoms with Crippen molar-refractivity contribution in [2.45, 2.75) is 39.8 Å². The summed E-state index contributed by atoms with van der Waals surface area (Å²) in [6, 6.07) is 5.90. The molecule has 0 N–H and O–H groups in total. The summed E-state index contributed by atoms with van der Waals surface area (Å²) in [5.41, 5.74) is 3.83. The van der Waals surface area contributed by atoms with E-state index in [1.54, 1.807) is 0 Å². The fraction of sp³-hybridized carbons (Fsp3) is 0.375. The number of amides is 1. The van der Waals surface area contributed by atoms with Crippen molar-refractivity contribution in [1.29, 1.82) is 0 Å². The predicted octanol–water partition coefficient (Wildman–Crippen LogP) is 4.04. The number of carbonyl (C=O) groups is 1. The summed E-state index contributed by atoms with van der Waals surface area (Å²) in [5.74, 6) is 0.113. The second kappa shape index (κ2) is 5.19. The summed E-state index contributed by atoms with van der Waals surface area (Å²) < 4.78 is 1.94. The molecule has 0 radical (unpaired) electrons. The van der Waals surface area contributed by atoms with Crippen LogP contribution in [-0.2, 0) is 11.3 Å². The second-order valence-electron chi connectivity index (χ2n) is 5.57. The Labute approximate surface area is 129 Å². The lowest BCUT2D eigenvalue weighted by Crippen LogP contribution is -2.32. The zero-order valence-electron chi connectivity index (χ0n) is 12.4. The van der Waals surface area contributed by atoms with Crippen LogP contribution in [0.2, 0.25) is 5.02 Å². The monoisotopic (exact) mass is 303 g/mol. The number of nitrogens with zero attached hydrogens (tertiary/aromatic N) is 3. The smallest absolute Gasteiger partial charge is 0.227 e. The first-order valence-corrected chi connectivity index (χ1v) is 7.57. The number of carbonyl (C=O) groups excluding carboxylic acids is 1. The van der Waals surface area contributed by atoms with E-state index in [9.17, 15) is 4.79 Å². The van der Waals surface area contributed by atoms with Crippen molar-refractivity contribution in [2.24, 2.45) is 0 Å². The second-order valence-corrected chi connectivity index (χ2v) is 6.01. The lowest BCUT2D eigenvalue weighted by Gasteiger charge is -2.28. The highest BCUT2D eigenvalue weighted by Gasteiger charge is 2.28. The van der Waals surface area contributed by atoms with Crippen LogP contribution in [0.25, 0.3) is 11.3 Å². The normalized spacial score (nSPS) is 13.3. The average molecular weight is 304 g/mol. The minimum atomic E-state index is 0.113. The van der Waals surface area contributed by atoms with Gasteiger partial charge in [0.15, 0.2) is 0 Å². The summed E-state index contributed by atoms with van der Waals surface area (Å²) >= 11 is 6.14. The van der Waals surface area contributed by atoms with Gasteiger partial charge in [-0.3, -0.25) is 9.48 Å². The third-order valence-electron chi connectivity index (χ3n) is 3.77. The van der Waals surface area contributed by atoms with Crippen LogP contribution in [0.5, 0.6) is 0 Å². The van der Waals surface area contributed by atoms with E-state index < -0.39 is 0 Å². The molecular formula is C16H18ClN3O. The Hall–Kier alpha value is -1.81. The molecule has 21 heavy (non-hydrogen) atoms. The van der Waals surface area contributed by atoms with Crippen LogP contribution in [0.4, 0.5) is 5.69 Å². The van der Waals surface area contributed by atoms with E-state index in [1.165, 1.54) is 0 Å². The molecule has 2 aromatic rings. The van der Waals surface area contributed by atoms with Crippen molar-refractivity contribution in [3.8, 4) is 11.3 Å². The highest BCUT2D eigenvalue weighted by atomic mass is 35.5. The van der Waals surface area contributed by atoms with Crippen molar-refractivity contribution in [2.75, 3.05) is 4.90 Å². The van der Waals surface area contributed by atoms with Gasteiger partial charge in [0.2, 0.25) is 5.91 Å². The van der Waals surface area contributed by atoms with Gasteiger partial charge < -0.3 is 4.90 Å². The van der Waals surface area contributed by atoms with Gasteiger partial charge in [-0.25, -0.2) is 0 Å². The fourth-order valence-electron chi connectivity index (χ4n) is 2.64. The van der Waals surface area contributed by atoms with E-state index in [4.69, 9.17) is 11.6 Å². The topological polar surface area (TPSA) is 38.1 Å². The Bertz CT molecular complexity index is 706. The molecule has 0 atom stereocenters. The van der Waals surface area contributed by atoms with Crippen LogP contribution in [0, 0.1) is 0 Å². The van der Waals surface area contributed by atoms with Gasteiger partial charge in [0.1, 0.15) is 0 Å². The molecule has 0 bridgehead atoms. The first-order valence-electron chi connectivity index (χ1n) is 7.19. The Balaban J connectivity index is 2.18. The number of anilines is 1. The number of rotatable bonds is 2. The lowest BCUT2D eigenvalue weighted by molar-refractivity contribution is -0.118. The number of benzene rings is 1. The molecule has 0 saturated heterocycles. The third kappa shape index (κ3) is 2.33. The molecule has 0 unspecified atom stereocenters. The van der Waals surface area contributed by atoms with Gasteiger partial charge in [-0.05, 0) is 32.0 Å². The van der Waals surface area contributed by atoms with Crippen LogP contribution >= 0.6 is 11.6 Å². The maximum Gasteiger partial charge on any atom is 0.227 e. The fourth-order valence-corrected chi connectivity index (χ4v) is 2.81. The standard InChI is InChI=1S/C16H18ClN3O/c1-4-15(21)19-8-11-9-20(10(2)3)18-16(11)13-7-12(17)5-6-14(13)19/h5-7,9-10H,4,8H2,1-3H3. The first-order chi connectivity index (χ1) is 10.0. The summed E-state index contributed by atoms with van der Waals surface area (Å²) in [7, 11) is 0. The zero-order valence-corrected chi connectivity index (χ0v) is 13.2. The van der Waals surface area contributed by atoms with Gasteiger partial charge in [0, 0.05) is 34.8 Å². The minimum Gasteiger partial charge on any atom is -0.307 e. The molecule has 1 aromatic heterocycles. The predicted molar refractivity (Wildman–Crippen MR) is 84.5 cm³/mol. The number of hydrogen-bond acceptors (Lipinski definition) is 2. The molecule has 4 nitrogen and oxygen atoms in total. The summed E-state index contributed by atoms with van der Waals surface area (Å²) in [4.78, 5) is 14.1. The van der Waals surface area contributed by atoms with Crippen LogP contribution in [0.15, 0.2) is 24.4 Å². The molecule has 3 rings (SSSR count). The van der Waals surface area contributed by atoms with Crippen molar-refractivity contribution in [3.63, 3.8) is 0 Å². The quantitative estimate of drug-likeness (QED) is 0.839. The van der Waals surface area contributed by atoms with Gasteiger partial charge in [0.05, 0.1) is 17.9 Å². The van der Waals surface area contributed by atoms with E-state index in [0.717, 1.165) is 22.5 Å². The maximum absolute atomic E-state index is 12.2. The third-order valence-corrected chi connectivity index (χ3v) is 4.01. The minimum absolute atomic E-state index is 0.113. The van der Waals surface area contributed by atoms with Crippen molar-refractivity contribution < 1.29 is 4.79 Å². The van der Waals surface area contributed by atoms with Gasteiger partial charge in [0.25, 0.3) is 0 Å². The Morgan fingerprint density at radius 1 is 1.43 bits per heavy atom. The summed E-state index contributed by atoms with van der Waals surface area (Å²) in [6.45, 7) is 6.63. The molecule has 1 aliphatic heterocycles. The van der Waals surface area contributed by atoms with Gasteiger partial charge >= 0.3 is 0 Å². The van der Waals surface area contributed by atoms with Gasteiger partial charge in [-0.1, -0.05) is 18.5 Å². The van der Waals surface area contributed by atoms with Crippen LogP contribution in [0.1, 0.15) is 38.8 Å². The van der Waals surface area contributed by atoms with Crippen LogP contribution in [-0.4, -0.2) is 15.7 Å². The molecule has 0 aliphatic carbocycles. The molecular weight excluding hydrogens is 286 g/mol. The number of fused-ring (bicyclic) bond motifs is 3. The molecule has 1 amide bonds. The molecule has 5 heteroatoms. The Kier molecular flexibility index (Phi) is 3.49. The SMILES string of the molecule is CCC(=O)N1Cc2cn(C(C)C)nc2-c2cc(Cl)ccc21. The number of hydrogen-bond donors (Lipinski definition) is 0. The Morgan fingerprint density at radius 2 is 2.19 bits per heavy atom. The molecule has 2 heterocycles. The maximum atomic E-state index is 12.2. The van der Waals surface area contributed by atoms with Crippen LogP contribution in [0.3, 0.4) is 0 Å². The molecule has 0 spiro atoms. The van der Waals surface area contributed by atoms with Gasteiger partial charge in [-0.15, -0.1) is 0 Å². The van der Waals surface area contributed by atoms with Crippen molar-refractivity contribution >= 4 is 23.2 Å². The van der Waals surface area contributed by atoms with Crippen molar-refractivity contribution in [1.82, 2.24) is 9.78 Å². The molecule has 0 fully saturated rings. The lowest BCUT2D eigenvalue weighted by atomic mass is 10.00. The first kappa shape index (κ1) is 14.1. The molecule has 110 valence electrons. The largest absolute Gasteiger partial charge is 0.307 e. The van der Waals surface area contributed by atoms with Gasteiger partial charge in [-0.2, -0.15) is 5.10 Å². The van der Waals surface area contributed by atoms with E-state index in [2.05, 4.69) is 18.9 Å². The number of halogens is 1. The van der Waals surface area contributed by atoms with E-state index in [0.29, 0.717) is 18.0 Å². The number of aromatic nitrogens is 2. The molecule has 1 aliphatic rings. The highest BCUT2D eigenvalue weighted by Crippen LogP contribution is 2.40. The zero-order chi connectivity index (χ0) is 15.1. The highest BCUT2D eigenvalue weighted by molar-refractivity contribution is 6.31.